The van der Waals surface area contributed by atoms with Crippen molar-refractivity contribution < 1.29 is 5.11 Å². The van der Waals surface area contributed by atoms with Gasteiger partial charge >= 0.3 is 0 Å². The van der Waals surface area contributed by atoms with Crippen LogP contribution in [0.1, 0.15) is 50.3 Å². The van der Waals surface area contributed by atoms with Gasteiger partial charge in [-0.25, -0.2) is 0 Å². The molecule has 0 amide bonds. The molecule has 1 N–H and O–H groups in total. The van der Waals surface area contributed by atoms with Crippen molar-refractivity contribution >= 4 is 0 Å². The highest BCUT2D eigenvalue weighted by atomic mass is 16.3. The summed E-state index contributed by atoms with van der Waals surface area (Å²) in [5.41, 5.74) is 2.09. The normalized spacial score (nSPS) is 19.8. The van der Waals surface area contributed by atoms with Gasteiger partial charge in [0.15, 0.2) is 0 Å². The molecular formula is C14H20N2O. The first kappa shape index (κ1) is 12.2. The summed E-state index contributed by atoms with van der Waals surface area (Å²) in [6.45, 7) is 4.77. The monoisotopic (exact) mass is 232 g/mol. The predicted molar refractivity (Wildman–Crippen MR) is 66.3 cm³/mol. The van der Waals surface area contributed by atoms with Gasteiger partial charge in [0.25, 0.3) is 0 Å². The van der Waals surface area contributed by atoms with E-state index in [1.54, 1.807) is 0 Å². The number of hydrogen-bond acceptors (Lipinski definition) is 2. The van der Waals surface area contributed by atoms with E-state index in [2.05, 4.69) is 16.8 Å². The lowest BCUT2D eigenvalue weighted by Gasteiger charge is -2.16. The molecule has 0 saturated heterocycles. The van der Waals surface area contributed by atoms with Crippen molar-refractivity contribution in [2.24, 2.45) is 5.41 Å². The van der Waals surface area contributed by atoms with Gasteiger partial charge in [-0.3, -0.25) is 0 Å². The molecule has 1 aromatic heterocycles. The first-order valence-corrected chi connectivity index (χ1v) is 6.30. The Balaban J connectivity index is 2.06. The molecule has 17 heavy (non-hydrogen) atoms. The van der Waals surface area contributed by atoms with E-state index in [0.29, 0.717) is 0 Å². The van der Waals surface area contributed by atoms with Gasteiger partial charge in [-0.2, -0.15) is 5.26 Å². The fourth-order valence-electron chi connectivity index (χ4n) is 2.32. The Kier molecular flexibility index (Phi) is 3.26. The van der Waals surface area contributed by atoms with Crippen molar-refractivity contribution in [2.75, 3.05) is 0 Å². The van der Waals surface area contributed by atoms with E-state index in [9.17, 15) is 5.11 Å². The van der Waals surface area contributed by atoms with Gasteiger partial charge in [-0.1, -0.05) is 0 Å². The first-order chi connectivity index (χ1) is 8.02. The van der Waals surface area contributed by atoms with Gasteiger partial charge in [-0.15, -0.1) is 0 Å². The Labute approximate surface area is 103 Å². The summed E-state index contributed by atoms with van der Waals surface area (Å²) in [7, 11) is 0. The Morgan fingerprint density at radius 3 is 2.94 bits per heavy atom. The topological polar surface area (TPSA) is 49.0 Å². The average molecular weight is 232 g/mol. The number of nitrogens with zero attached hydrogens (tertiary/aromatic N) is 2. The van der Waals surface area contributed by atoms with Crippen molar-refractivity contribution in [1.82, 2.24) is 4.57 Å². The van der Waals surface area contributed by atoms with Gasteiger partial charge < -0.3 is 9.67 Å². The minimum Gasteiger partial charge on any atom is -0.388 e. The van der Waals surface area contributed by atoms with E-state index in [1.807, 2.05) is 20.0 Å². The zero-order valence-electron chi connectivity index (χ0n) is 10.6. The number of rotatable bonds is 3. The minimum absolute atomic E-state index is 0.274. The highest BCUT2D eigenvalue weighted by Crippen LogP contribution is 2.30. The molecule has 0 bridgehead atoms. The van der Waals surface area contributed by atoms with E-state index in [4.69, 9.17) is 5.26 Å². The summed E-state index contributed by atoms with van der Waals surface area (Å²) >= 11 is 0. The Morgan fingerprint density at radius 1 is 1.53 bits per heavy atom. The number of nitriles is 1. The summed E-state index contributed by atoms with van der Waals surface area (Å²) in [4.78, 5) is 0. The number of aromatic nitrogens is 1. The zero-order chi connectivity index (χ0) is 12.5. The maximum atomic E-state index is 9.88. The van der Waals surface area contributed by atoms with Crippen molar-refractivity contribution in [2.45, 2.75) is 52.2 Å². The number of aliphatic hydroxyl groups excluding tert-OH is 1. The van der Waals surface area contributed by atoms with Crippen molar-refractivity contribution in [3.05, 3.63) is 23.5 Å². The minimum atomic E-state index is -0.288. The highest BCUT2D eigenvalue weighted by Gasteiger charge is 2.21. The lowest BCUT2D eigenvalue weighted by atomic mass is 9.91. The lowest BCUT2D eigenvalue weighted by molar-refractivity contribution is 0.157. The summed E-state index contributed by atoms with van der Waals surface area (Å²) in [5, 5.41) is 18.9. The summed E-state index contributed by atoms with van der Waals surface area (Å²) < 4.78 is 2.12. The number of hydrogen-bond donors (Lipinski definition) is 1. The standard InChI is InChI=1S/C14H20N2O/c1-14(2,10-15)6-7-16-8-11-4-3-5-13(17)12(11)9-16/h8-9,13,17H,3-7H2,1-2H3. The van der Waals surface area contributed by atoms with Crippen LogP contribution in [0.5, 0.6) is 0 Å². The van der Waals surface area contributed by atoms with Crippen molar-refractivity contribution in [3.8, 4) is 6.07 Å². The summed E-state index contributed by atoms with van der Waals surface area (Å²) in [6, 6.07) is 2.32. The molecule has 1 unspecified atom stereocenters. The van der Waals surface area contributed by atoms with E-state index in [1.165, 1.54) is 5.56 Å². The van der Waals surface area contributed by atoms with Crippen LogP contribution in [0.25, 0.3) is 0 Å². The van der Waals surface area contributed by atoms with E-state index in [0.717, 1.165) is 37.8 Å². The smallest absolute Gasteiger partial charge is 0.0807 e. The van der Waals surface area contributed by atoms with Crippen LogP contribution >= 0.6 is 0 Å². The van der Waals surface area contributed by atoms with E-state index in [-0.39, 0.29) is 11.5 Å². The molecule has 3 nitrogen and oxygen atoms in total. The summed E-state index contributed by atoms with van der Waals surface area (Å²) in [5.74, 6) is 0. The Hall–Kier alpha value is -1.27. The fraction of sp³-hybridized carbons (Fsp3) is 0.643. The highest BCUT2D eigenvalue weighted by molar-refractivity contribution is 5.29. The number of fused-ring (bicyclic) bond motifs is 1. The molecule has 1 aromatic rings. The zero-order valence-corrected chi connectivity index (χ0v) is 10.6. The Morgan fingerprint density at radius 2 is 2.29 bits per heavy atom. The van der Waals surface area contributed by atoms with Crippen LogP contribution in [-0.4, -0.2) is 9.67 Å². The van der Waals surface area contributed by atoms with Gasteiger partial charge in [0, 0.05) is 24.5 Å². The second kappa shape index (κ2) is 4.54. The van der Waals surface area contributed by atoms with Crippen LogP contribution in [0.4, 0.5) is 0 Å². The molecule has 1 aliphatic rings. The molecule has 2 rings (SSSR count). The number of aryl methyl sites for hydroxylation is 2. The molecule has 0 aromatic carbocycles. The van der Waals surface area contributed by atoms with Crippen molar-refractivity contribution in [1.29, 1.82) is 5.26 Å². The maximum absolute atomic E-state index is 9.88. The van der Waals surface area contributed by atoms with Crippen LogP contribution in [0.2, 0.25) is 0 Å². The molecule has 0 saturated carbocycles. The molecule has 0 fully saturated rings. The molecule has 1 atom stereocenters. The fourth-order valence-corrected chi connectivity index (χ4v) is 2.32. The van der Waals surface area contributed by atoms with Crippen LogP contribution in [0.15, 0.2) is 12.4 Å². The van der Waals surface area contributed by atoms with E-state index < -0.39 is 0 Å². The molecule has 1 heterocycles. The number of aliphatic hydroxyl groups is 1. The summed E-state index contributed by atoms with van der Waals surface area (Å²) in [6.07, 6.45) is 7.75. The van der Waals surface area contributed by atoms with Crippen LogP contribution in [0, 0.1) is 16.7 Å². The molecule has 0 spiro atoms. The van der Waals surface area contributed by atoms with Gasteiger partial charge in [0.05, 0.1) is 17.6 Å². The largest absolute Gasteiger partial charge is 0.388 e. The Bertz CT molecular complexity index is 440. The molecule has 92 valence electrons. The second-order valence-corrected chi connectivity index (χ2v) is 5.63. The third-order valence-corrected chi connectivity index (χ3v) is 3.58. The third-order valence-electron chi connectivity index (χ3n) is 3.58. The SMILES string of the molecule is CC(C)(C#N)CCn1cc2c(c1)C(O)CCC2. The van der Waals surface area contributed by atoms with Crippen LogP contribution < -0.4 is 0 Å². The van der Waals surface area contributed by atoms with Gasteiger partial charge in [-0.05, 0) is 45.1 Å². The second-order valence-electron chi connectivity index (χ2n) is 5.63. The van der Waals surface area contributed by atoms with Gasteiger partial charge in [0.1, 0.15) is 0 Å². The van der Waals surface area contributed by atoms with E-state index >= 15 is 0 Å². The van der Waals surface area contributed by atoms with Crippen molar-refractivity contribution in [3.63, 3.8) is 0 Å². The molecule has 0 aliphatic heterocycles. The first-order valence-electron chi connectivity index (χ1n) is 6.30. The van der Waals surface area contributed by atoms with Crippen LogP contribution in [-0.2, 0) is 13.0 Å². The van der Waals surface area contributed by atoms with Gasteiger partial charge in [0.2, 0.25) is 0 Å². The quantitative estimate of drug-likeness (QED) is 0.871. The average Bonchev–Trinajstić information content (AvgIpc) is 2.71. The molecule has 0 radical (unpaired) electrons. The third kappa shape index (κ3) is 2.70. The molecule has 1 aliphatic carbocycles. The molecular weight excluding hydrogens is 212 g/mol. The van der Waals surface area contributed by atoms with Crippen LogP contribution in [0.3, 0.4) is 0 Å². The predicted octanol–water partition coefficient (Wildman–Crippen LogP) is 2.80. The maximum Gasteiger partial charge on any atom is 0.0807 e. The lowest BCUT2D eigenvalue weighted by Crippen LogP contribution is -2.11. The molecule has 3 heteroatoms.